The topological polar surface area (TPSA) is 92.7 Å². The molecule has 0 saturated carbocycles. The van der Waals surface area contributed by atoms with Gasteiger partial charge in [-0.05, 0) is 60.5 Å². The van der Waals surface area contributed by atoms with Crippen molar-refractivity contribution < 1.29 is 23.1 Å². The van der Waals surface area contributed by atoms with E-state index in [4.69, 9.17) is 9.84 Å². The Balaban J connectivity index is 1.57. The molecular weight excluding hydrogens is 402 g/mol. The van der Waals surface area contributed by atoms with Crippen LogP contribution in [0.5, 0.6) is 5.75 Å². The van der Waals surface area contributed by atoms with Crippen molar-refractivity contribution in [2.45, 2.75) is 22.8 Å². The van der Waals surface area contributed by atoms with Crippen LogP contribution in [0.4, 0.5) is 0 Å². The van der Waals surface area contributed by atoms with Gasteiger partial charge in [-0.1, -0.05) is 42.5 Å². The van der Waals surface area contributed by atoms with Gasteiger partial charge in [-0.3, -0.25) is 0 Å². The first-order valence-electron chi connectivity index (χ1n) is 9.48. The molecule has 3 rings (SSSR count). The Bertz CT molecular complexity index is 1060. The zero-order chi connectivity index (χ0) is 21.4. The highest BCUT2D eigenvalue weighted by Gasteiger charge is 2.17. The minimum atomic E-state index is -3.65. The van der Waals surface area contributed by atoms with Crippen molar-refractivity contribution in [3.05, 3.63) is 90.0 Å². The van der Waals surface area contributed by atoms with Crippen LogP contribution in [-0.4, -0.2) is 32.6 Å². The highest BCUT2D eigenvalue weighted by atomic mass is 32.2. The van der Waals surface area contributed by atoms with E-state index in [-0.39, 0.29) is 9.79 Å². The summed E-state index contributed by atoms with van der Waals surface area (Å²) in [7, 11) is -3.65. The maximum absolute atomic E-state index is 12.8. The fourth-order valence-electron chi connectivity index (χ4n) is 2.89. The van der Waals surface area contributed by atoms with Gasteiger partial charge >= 0.3 is 5.97 Å². The summed E-state index contributed by atoms with van der Waals surface area (Å²) in [5.74, 6) is -0.795. The molecule has 0 bridgehead atoms. The molecule has 0 saturated heterocycles. The molecule has 0 unspecified atom stereocenters. The summed E-state index contributed by atoms with van der Waals surface area (Å²) in [6.07, 6.45) is 0.794. The second-order valence-corrected chi connectivity index (χ2v) is 8.66. The van der Waals surface area contributed by atoms with Crippen LogP contribution in [0.15, 0.2) is 88.7 Å². The lowest BCUT2D eigenvalue weighted by atomic mass is 10.1. The van der Waals surface area contributed by atoms with Crippen molar-refractivity contribution >= 4 is 15.8 Å². The van der Waals surface area contributed by atoms with E-state index in [1.165, 1.54) is 29.8 Å². The molecule has 0 aliphatic rings. The fraction of sp³-hybridized carbons (Fsp3) is 0.174. The second kappa shape index (κ2) is 10.0. The van der Waals surface area contributed by atoms with Gasteiger partial charge in [-0.15, -0.1) is 0 Å². The normalized spacial score (nSPS) is 11.2. The van der Waals surface area contributed by atoms with Gasteiger partial charge in [0, 0.05) is 6.54 Å². The number of rotatable bonds is 10. The van der Waals surface area contributed by atoms with Crippen LogP contribution >= 0.6 is 0 Å². The van der Waals surface area contributed by atoms with E-state index in [1.54, 1.807) is 12.1 Å². The van der Waals surface area contributed by atoms with Crippen molar-refractivity contribution in [3.8, 4) is 5.75 Å². The summed E-state index contributed by atoms with van der Waals surface area (Å²) in [5.41, 5.74) is 2.27. The summed E-state index contributed by atoms with van der Waals surface area (Å²) in [6, 6.07) is 22.7. The molecule has 0 aliphatic carbocycles. The molecule has 0 aromatic heterocycles. The molecule has 3 aromatic rings. The van der Waals surface area contributed by atoms with Crippen LogP contribution in [0, 0.1) is 0 Å². The zero-order valence-electron chi connectivity index (χ0n) is 16.3. The van der Waals surface area contributed by atoms with Crippen LogP contribution in [0.2, 0.25) is 0 Å². The molecule has 0 radical (unpaired) electrons. The number of carbonyl (C=O) groups is 1. The Morgan fingerprint density at radius 3 is 2.03 bits per heavy atom. The molecule has 2 N–H and O–H groups in total. The molecule has 0 aliphatic heterocycles. The largest absolute Gasteiger partial charge is 0.482 e. The predicted molar refractivity (Wildman–Crippen MR) is 113 cm³/mol. The first-order chi connectivity index (χ1) is 14.4. The fourth-order valence-corrected chi connectivity index (χ4v) is 4.15. The summed E-state index contributed by atoms with van der Waals surface area (Å²) in [4.78, 5) is 10.9. The van der Waals surface area contributed by atoms with Crippen LogP contribution in [0.1, 0.15) is 11.1 Å². The van der Waals surface area contributed by atoms with E-state index < -0.39 is 22.4 Å². The average Bonchev–Trinajstić information content (AvgIpc) is 2.76. The molecule has 0 heterocycles. The van der Waals surface area contributed by atoms with Gasteiger partial charge in [0.25, 0.3) is 0 Å². The third-order valence-electron chi connectivity index (χ3n) is 4.49. The van der Waals surface area contributed by atoms with Crippen LogP contribution in [0.3, 0.4) is 0 Å². The van der Waals surface area contributed by atoms with E-state index in [0.29, 0.717) is 5.75 Å². The quantitative estimate of drug-likeness (QED) is 0.484. The minimum Gasteiger partial charge on any atom is -0.482 e. The summed E-state index contributed by atoms with van der Waals surface area (Å²) in [5, 5.41) is 12.0. The summed E-state index contributed by atoms with van der Waals surface area (Å²) >= 11 is 0. The van der Waals surface area contributed by atoms with E-state index in [0.717, 1.165) is 25.1 Å². The Kier molecular flexibility index (Phi) is 7.21. The predicted octanol–water partition coefficient (Wildman–Crippen LogP) is 3.32. The number of benzene rings is 3. The lowest BCUT2D eigenvalue weighted by Gasteiger charge is -2.08. The first-order valence-corrected chi connectivity index (χ1v) is 11.0. The molecule has 0 atom stereocenters. The van der Waals surface area contributed by atoms with Crippen molar-refractivity contribution in [2.75, 3.05) is 13.2 Å². The van der Waals surface area contributed by atoms with Gasteiger partial charge in [0.15, 0.2) is 6.61 Å². The molecule has 0 spiro atoms. The van der Waals surface area contributed by atoms with Gasteiger partial charge in [-0.2, -0.15) is 0 Å². The molecule has 0 amide bonds. The van der Waals surface area contributed by atoms with Crippen molar-refractivity contribution in [2.24, 2.45) is 0 Å². The number of ether oxygens (including phenoxy) is 1. The second-order valence-electron chi connectivity index (χ2n) is 6.71. The van der Waals surface area contributed by atoms with Gasteiger partial charge in [0.05, 0.1) is 9.79 Å². The van der Waals surface area contributed by atoms with Gasteiger partial charge < -0.3 is 15.2 Å². The first kappa shape index (κ1) is 21.5. The Hall–Kier alpha value is -3.16. The molecular formula is C23H23NO5S. The third kappa shape index (κ3) is 5.92. The molecule has 30 heavy (non-hydrogen) atoms. The Labute approximate surface area is 176 Å². The average molecular weight is 426 g/mol. The minimum absolute atomic E-state index is 0.127. The van der Waals surface area contributed by atoms with E-state index in [1.807, 2.05) is 30.3 Å². The Morgan fingerprint density at radius 1 is 0.833 bits per heavy atom. The highest BCUT2D eigenvalue weighted by Crippen LogP contribution is 2.23. The van der Waals surface area contributed by atoms with Gasteiger partial charge in [0.1, 0.15) is 5.75 Å². The third-order valence-corrected chi connectivity index (χ3v) is 6.28. The van der Waals surface area contributed by atoms with E-state index in [2.05, 4.69) is 17.4 Å². The number of carboxylic acid groups (broad SMARTS) is 1. The van der Waals surface area contributed by atoms with Gasteiger partial charge in [0.2, 0.25) is 9.84 Å². The van der Waals surface area contributed by atoms with Crippen LogP contribution < -0.4 is 10.1 Å². The summed E-state index contributed by atoms with van der Waals surface area (Å²) in [6.45, 7) is 1.10. The number of aliphatic carboxylic acids is 1. The summed E-state index contributed by atoms with van der Waals surface area (Å²) < 4.78 is 30.6. The maximum Gasteiger partial charge on any atom is 0.341 e. The highest BCUT2D eigenvalue weighted by molar-refractivity contribution is 7.91. The number of hydrogen-bond acceptors (Lipinski definition) is 5. The lowest BCUT2D eigenvalue weighted by molar-refractivity contribution is -0.139. The van der Waals surface area contributed by atoms with Crippen LogP contribution in [0.25, 0.3) is 0 Å². The number of sulfone groups is 1. The molecule has 156 valence electrons. The van der Waals surface area contributed by atoms with Crippen molar-refractivity contribution in [3.63, 3.8) is 0 Å². The molecule has 0 fully saturated rings. The Morgan fingerprint density at radius 2 is 1.43 bits per heavy atom. The van der Waals surface area contributed by atoms with Gasteiger partial charge in [-0.25, -0.2) is 13.2 Å². The maximum atomic E-state index is 12.8. The standard InChI is InChI=1S/C23H23NO5S/c25-23(26)17-29-20-8-12-22(13-9-20)30(27,28)21-10-6-18(7-11-21)14-15-24-16-19-4-2-1-3-5-19/h1-13,24H,14-17H2,(H,25,26). The molecule has 3 aromatic carbocycles. The number of hydrogen-bond donors (Lipinski definition) is 2. The molecule has 7 heteroatoms. The zero-order valence-corrected chi connectivity index (χ0v) is 17.1. The molecule has 6 nitrogen and oxygen atoms in total. The van der Waals surface area contributed by atoms with E-state index >= 15 is 0 Å². The van der Waals surface area contributed by atoms with Crippen molar-refractivity contribution in [1.82, 2.24) is 5.32 Å². The number of nitrogens with one attached hydrogen (secondary N) is 1. The van der Waals surface area contributed by atoms with Crippen molar-refractivity contribution in [1.29, 1.82) is 0 Å². The lowest BCUT2D eigenvalue weighted by Crippen LogP contribution is -2.16. The van der Waals surface area contributed by atoms with Crippen LogP contribution in [-0.2, 0) is 27.6 Å². The SMILES string of the molecule is O=C(O)COc1ccc(S(=O)(=O)c2ccc(CCNCc3ccccc3)cc2)cc1. The number of carboxylic acids is 1. The monoisotopic (exact) mass is 425 g/mol. The van der Waals surface area contributed by atoms with E-state index in [9.17, 15) is 13.2 Å². The smallest absolute Gasteiger partial charge is 0.341 e.